The third kappa shape index (κ3) is 3.00. The molecule has 0 saturated heterocycles. The van der Waals surface area contributed by atoms with Gasteiger partial charge in [-0.2, -0.15) is 0 Å². The van der Waals surface area contributed by atoms with Crippen LogP contribution in [0.1, 0.15) is 35.1 Å². The zero-order valence-electron chi connectivity index (χ0n) is 17.8. The number of carboxylic acid groups (broad SMARTS) is 1. The Bertz CT molecular complexity index is 1540. The number of aryl methyl sites for hydroxylation is 3. The summed E-state index contributed by atoms with van der Waals surface area (Å²) in [6, 6.07) is 11.8. The van der Waals surface area contributed by atoms with Crippen LogP contribution in [0.5, 0.6) is 0 Å². The van der Waals surface area contributed by atoms with E-state index >= 15 is 0 Å². The van der Waals surface area contributed by atoms with Crippen molar-refractivity contribution < 1.29 is 19.5 Å². The van der Waals surface area contributed by atoms with Crippen LogP contribution in [0.25, 0.3) is 33.0 Å². The molecular formula is C26H21N3O4. The largest absolute Gasteiger partial charge is 0.481 e. The number of carbonyl (C=O) groups excluding carboxylic acids is 2. The molecule has 33 heavy (non-hydrogen) atoms. The SMILES string of the molecule is O=C(O)CCc1ccc2c(C3=C(c4cn5c6c(cccc46)CCC5)C(=O)NC3=O)c[nH]c2c1. The van der Waals surface area contributed by atoms with Crippen LogP contribution in [-0.4, -0.2) is 32.4 Å². The van der Waals surface area contributed by atoms with E-state index in [-0.39, 0.29) is 12.3 Å². The Morgan fingerprint density at radius 1 is 1.03 bits per heavy atom. The fourth-order valence-corrected chi connectivity index (χ4v) is 5.21. The van der Waals surface area contributed by atoms with Gasteiger partial charge < -0.3 is 14.7 Å². The van der Waals surface area contributed by atoms with E-state index in [0.717, 1.165) is 52.3 Å². The fraction of sp³-hybridized carbons (Fsp3) is 0.192. The van der Waals surface area contributed by atoms with E-state index in [4.69, 9.17) is 5.11 Å². The molecule has 0 atom stereocenters. The van der Waals surface area contributed by atoms with Gasteiger partial charge in [0.1, 0.15) is 0 Å². The number of nitrogens with zero attached hydrogens (tertiary/aromatic N) is 1. The fourth-order valence-electron chi connectivity index (χ4n) is 5.21. The summed E-state index contributed by atoms with van der Waals surface area (Å²) in [4.78, 5) is 40.1. The van der Waals surface area contributed by atoms with E-state index < -0.39 is 11.9 Å². The van der Waals surface area contributed by atoms with E-state index in [9.17, 15) is 14.4 Å². The molecule has 2 aliphatic rings. The zero-order valence-corrected chi connectivity index (χ0v) is 17.8. The van der Waals surface area contributed by atoms with Crippen LogP contribution in [0.15, 0.2) is 48.8 Å². The Balaban J connectivity index is 1.54. The number of aliphatic carboxylic acids is 1. The maximum absolute atomic E-state index is 13.0. The van der Waals surface area contributed by atoms with E-state index in [1.54, 1.807) is 6.20 Å². The predicted octanol–water partition coefficient (Wildman–Crippen LogP) is 3.65. The molecule has 2 aromatic carbocycles. The molecule has 0 fully saturated rings. The first-order chi connectivity index (χ1) is 16.0. The van der Waals surface area contributed by atoms with Crippen molar-refractivity contribution in [1.82, 2.24) is 14.9 Å². The van der Waals surface area contributed by atoms with Crippen LogP contribution in [0.4, 0.5) is 0 Å². The molecule has 0 aliphatic carbocycles. The maximum atomic E-state index is 13.0. The van der Waals surface area contributed by atoms with Crippen molar-refractivity contribution in [2.45, 2.75) is 32.2 Å². The Morgan fingerprint density at radius 2 is 1.85 bits per heavy atom. The molecular weight excluding hydrogens is 418 g/mol. The first kappa shape index (κ1) is 19.5. The number of H-pyrrole nitrogens is 1. The second kappa shape index (κ2) is 7.20. The van der Waals surface area contributed by atoms with E-state index in [1.165, 1.54) is 5.56 Å². The molecule has 2 aliphatic heterocycles. The summed E-state index contributed by atoms with van der Waals surface area (Å²) in [7, 11) is 0. The summed E-state index contributed by atoms with van der Waals surface area (Å²) in [5.41, 5.74) is 6.31. The summed E-state index contributed by atoms with van der Waals surface area (Å²) < 4.78 is 2.19. The smallest absolute Gasteiger partial charge is 0.303 e. The number of imide groups is 1. The van der Waals surface area contributed by atoms with Crippen molar-refractivity contribution in [1.29, 1.82) is 0 Å². The average Bonchev–Trinajstić information content (AvgIpc) is 3.46. The van der Waals surface area contributed by atoms with Gasteiger partial charge in [0.15, 0.2) is 0 Å². The number of nitrogens with one attached hydrogen (secondary N) is 2. The number of carbonyl (C=O) groups is 3. The van der Waals surface area contributed by atoms with Crippen LogP contribution >= 0.6 is 0 Å². The molecule has 3 N–H and O–H groups in total. The number of hydrogen-bond donors (Lipinski definition) is 3. The zero-order chi connectivity index (χ0) is 22.7. The minimum atomic E-state index is -0.843. The van der Waals surface area contributed by atoms with Gasteiger partial charge in [0, 0.05) is 52.8 Å². The third-order valence-corrected chi connectivity index (χ3v) is 6.67. The monoisotopic (exact) mass is 439 g/mol. The number of rotatable bonds is 5. The van der Waals surface area contributed by atoms with Crippen LogP contribution in [-0.2, 0) is 33.8 Å². The highest BCUT2D eigenvalue weighted by Gasteiger charge is 2.35. The molecule has 2 aromatic heterocycles. The van der Waals surface area contributed by atoms with Crippen LogP contribution in [0.2, 0.25) is 0 Å². The highest BCUT2D eigenvalue weighted by molar-refractivity contribution is 6.50. The van der Waals surface area contributed by atoms with Gasteiger partial charge in [0.25, 0.3) is 11.8 Å². The number of hydrogen-bond acceptors (Lipinski definition) is 3. The molecule has 0 spiro atoms. The van der Waals surface area contributed by atoms with Crippen LogP contribution in [0.3, 0.4) is 0 Å². The topological polar surface area (TPSA) is 104 Å². The third-order valence-electron chi connectivity index (χ3n) is 6.67. The number of fused-ring (bicyclic) bond motifs is 1. The molecule has 0 saturated carbocycles. The van der Waals surface area contributed by atoms with Gasteiger partial charge in [-0.25, -0.2) is 0 Å². The quantitative estimate of drug-likeness (QED) is 0.413. The standard InChI is InChI=1S/C26H21N3O4/c30-21(31)9-7-14-6-8-16-18(12-27-20(16)11-14)22-23(26(33)28-25(22)32)19-13-29-10-2-4-15-3-1-5-17(19)24(15)29/h1,3,5-6,8,11-13,27H,2,4,7,9-10H2,(H,30,31)(H,28,32,33). The average molecular weight is 439 g/mol. The number of benzene rings is 2. The lowest BCUT2D eigenvalue weighted by Gasteiger charge is -2.14. The minimum Gasteiger partial charge on any atom is -0.481 e. The Morgan fingerprint density at radius 3 is 2.67 bits per heavy atom. The molecule has 7 nitrogen and oxygen atoms in total. The predicted molar refractivity (Wildman–Crippen MR) is 124 cm³/mol. The minimum absolute atomic E-state index is 0.0529. The van der Waals surface area contributed by atoms with E-state index in [1.807, 2.05) is 36.5 Å². The van der Waals surface area contributed by atoms with Gasteiger partial charge in [-0.05, 0) is 36.5 Å². The van der Waals surface area contributed by atoms with Crippen molar-refractivity contribution in [3.63, 3.8) is 0 Å². The van der Waals surface area contributed by atoms with Crippen molar-refractivity contribution in [2.75, 3.05) is 0 Å². The first-order valence-electron chi connectivity index (χ1n) is 11.0. The van der Waals surface area contributed by atoms with Gasteiger partial charge in [-0.3, -0.25) is 19.7 Å². The van der Waals surface area contributed by atoms with Crippen LogP contribution in [0, 0.1) is 0 Å². The summed E-state index contributed by atoms with van der Waals surface area (Å²) in [5, 5.41) is 13.3. The summed E-state index contributed by atoms with van der Waals surface area (Å²) >= 11 is 0. The lowest BCUT2D eigenvalue weighted by molar-refractivity contribution is -0.137. The summed E-state index contributed by atoms with van der Waals surface area (Å²) in [6.45, 7) is 0.887. The van der Waals surface area contributed by atoms with Gasteiger partial charge in [0.05, 0.1) is 16.7 Å². The Hall–Kier alpha value is -4.13. The second-order valence-electron chi connectivity index (χ2n) is 8.66. The number of aromatic nitrogens is 2. The molecule has 0 bridgehead atoms. The number of carboxylic acids is 1. The normalized spacial score (nSPS) is 15.6. The van der Waals surface area contributed by atoms with Gasteiger partial charge in [0.2, 0.25) is 0 Å². The molecule has 7 heteroatoms. The van der Waals surface area contributed by atoms with E-state index in [2.05, 4.69) is 20.9 Å². The summed E-state index contributed by atoms with van der Waals surface area (Å²) in [6.07, 6.45) is 6.28. The molecule has 0 unspecified atom stereocenters. The van der Waals surface area contributed by atoms with Crippen LogP contribution < -0.4 is 5.32 Å². The molecule has 6 rings (SSSR count). The first-order valence-corrected chi connectivity index (χ1v) is 11.0. The molecule has 164 valence electrons. The number of para-hydroxylation sites is 1. The molecule has 4 aromatic rings. The van der Waals surface area contributed by atoms with Gasteiger partial charge in [-0.15, -0.1) is 0 Å². The summed E-state index contributed by atoms with van der Waals surface area (Å²) in [5.74, 6) is -1.63. The number of amides is 2. The highest BCUT2D eigenvalue weighted by Crippen LogP contribution is 2.40. The van der Waals surface area contributed by atoms with Gasteiger partial charge >= 0.3 is 5.97 Å². The Kier molecular flexibility index (Phi) is 4.26. The lowest BCUT2D eigenvalue weighted by Crippen LogP contribution is -2.22. The van der Waals surface area contributed by atoms with Crippen molar-refractivity contribution in [2.24, 2.45) is 0 Å². The van der Waals surface area contributed by atoms with Gasteiger partial charge in [-0.1, -0.05) is 30.3 Å². The van der Waals surface area contributed by atoms with Crippen molar-refractivity contribution in [3.05, 3.63) is 71.0 Å². The number of aromatic amines is 1. The Labute approximate surface area is 188 Å². The molecule has 2 amide bonds. The highest BCUT2D eigenvalue weighted by atomic mass is 16.4. The van der Waals surface area contributed by atoms with Crippen molar-refractivity contribution >= 4 is 50.7 Å². The second-order valence-corrected chi connectivity index (χ2v) is 8.66. The lowest BCUT2D eigenvalue weighted by atomic mass is 9.94. The molecule has 4 heterocycles. The molecule has 0 radical (unpaired) electrons. The maximum Gasteiger partial charge on any atom is 0.303 e. The van der Waals surface area contributed by atoms with Crippen molar-refractivity contribution in [3.8, 4) is 0 Å². The van der Waals surface area contributed by atoms with E-state index in [0.29, 0.717) is 23.1 Å².